The van der Waals surface area contributed by atoms with Gasteiger partial charge in [-0.25, -0.2) is 4.79 Å². The third-order valence-corrected chi connectivity index (χ3v) is 2.70. The molecule has 1 rings (SSSR count). The van der Waals surface area contributed by atoms with Gasteiger partial charge in [0.1, 0.15) is 5.69 Å². The van der Waals surface area contributed by atoms with E-state index in [-0.39, 0.29) is 6.04 Å². The van der Waals surface area contributed by atoms with Crippen molar-refractivity contribution >= 4 is 17.7 Å². The van der Waals surface area contributed by atoms with E-state index >= 15 is 0 Å². The highest BCUT2D eigenvalue weighted by Crippen LogP contribution is 2.15. The second kappa shape index (κ2) is 4.37. The number of rotatable bonds is 4. The Hall–Kier alpha value is -0.900. The van der Waals surface area contributed by atoms with Gasteiger partial charge in [0.05, 0.1) is 0 Å². The topological polar surface area (TPSA) is 42.2 Å². The molecular formula is C9H13NO2S. The van der Waals surface area contributed by atoms with Gasteiger partial charge >= 0.3 is 5.97 Å². The standard InChI is InChI=1S/C9H13NO2S/c1-7(6-13-2)10-5-3-4-8(10)9(11)12/h3-5,7H,6H2,1-2H3,(H,11,12). The third-order valence-electron chi connectivity index (χ3n) is 1.88. The molecule has 0 fully saturated rings. The summed E-state index contributed by atoms with van der Waals surface area (Å²) in [6.45, 7) is 2.02. The zero-order valence-electron chi connectivity index (χ0n) is 7.73. The second-order valence-electron chi connectivity index (χ2n) is 2.91. The summed E-state index contributed by atoms with van der Waals surface area (Å²) in [4.78, 5) is 10.8. The van der Waals surface area contributed by atoms with Crippen LogP contribution in [0, 0.1) is 0 Å². The molecule has 4 heteroatoms. The highest BCUT2D eigenvalue weighted by molar-refractivity contribution is 7.98. The normalized spacial score (nSPS) is 12.8. The monoisotopic (exact) mass is 199 g/mol. The zero-order chi connectivity index (χ0) is 9.84. The van der Waals surface area contributed by atoms with E-state index in [1.807, 2.05) is 19.4 Å². The van der Waals surface area contributed by atoms with Crippen LogP contribution >= 0.6 is 11.8 Å². The van der Waals surface area contributed by atoms with Crippen molar-refractivity contribution in [1.82, 2.24) is 4.57 Å². The van der Waals surface area contributed by atoms with E-state index in [2.05, 4.69) is 0 Å². The molecule has 0 aliphatic rings. The van der Waals surface area contributed by atoms with Crippen molar-refractivity contribution in [2.45, 2.75) is 13.0 Å². The molecule has 0 saturated carbocycles. The van der Waals surface area contributed by atoms with Crippen LogP contribution in [-0.4, -0.2) is 27.7 Å². The fourth-order valence-corrected chi connectivity index (χ4v) is 1.92. The number of carbonyl (C=O) groups is 1. The van der Waals surface area contributed by atoms with Crippen molar-refractivity contribution in [2.75, 3.05) is 12.0 Å². The predicted octanol–water partition coefficient (Wildman–Crippen LogP) is 2.11. The highest BCUT2D eigenvalue weighted by atomic mass is 32.2. The van der Waals surface area contributed by atoms with E-state index in [1.54, 1.807) is 28.5 Å². The Kier molecular flexibility index (Phi) is 3.42. The van der Waals surface area contributed by atoms with Crippen LogP contribution < -0.4 is 0 Å². The minimum atomic E-state index is -0.863. The molecule has 0 amide bonds. The Morgan fingerprint density at radius 2 is 2.46 bits per heavy atom. The predicted molar refractivity (Wildman–Crippen MR) is 54.5 cm³/mol. The molecule has 1 N–H and O–H groups in total. The van der Waals surface area contributed by atoms with Gasteiger partial charge in [0.15, 0.2) is 0 Å². The van der Waals surface area contributed by atoms with Crippen LogP contribution in [0.2, 0.25) is 0 Å². The molecule has 1 atom stereocenters. The molecule has 0 bridgehead atoms. The van der Waals surface area contributed by atoms with Gasteiger partial charge in [0.2, 0.25) is 0 Å². The molecule has 1 aromatic heterocycles. The number of nitrogens with zero attached hydrogens (tertiary/aromatic N) is 1. The van der Waals surface area contributed by atoms with Crippen LogP contribution in [0.1, 0.15) is 23.5 Å². The minimum Gasteiger partial charge on any atom is -0.477 e. The smallest absolute Gasteiger partial charge is 0.352 e. The maximum atomic E-state index is 10.8. The van der Waals surface area contributed by atoms with Gasteiger partial charge < -0.3 is 9.67 Å². The number of thioether (sulfide) groups is 1. The molecule has 1 heterocycles. The van der Waals surface area contributed by atoms with Crippen molar-refractivity contribution in [2.24, 2.45) is 0 Å². The Bertz CT molecular complexity index is 296. The lowest BCUT2D eigenvalue weighted by molar-refractivity contribution is 0.0683. The maximum absolute atomic E-state index is 10.8. The quantitative estimate of drug-likeness (QED) is 0.807. The van der Waals surface area contributed by atoms with Gasteiger partial charge in [0.25, 0.3) is 0 Å². The van der Waals surface area contributed by atoms with E-state index in [4.69, 9.17) is 5.11 Å². The van der Waals surface area contributed by atoms with E-state index in [9.17, 15) is 4.79 Å². The van der Waals surface area contributed by atoms with Crippen molar-refractivity contribution < 1.29 is 9.90 Å². The van der Waals surface area contributed by atoms with Crippen molar-refractivity contribution in [1.29, 1.82) is 0 Å². The van der Waals surface area contributed by atoms with Crippen LogP contribution in [0.15, 0.2) is 18.3 Å². The van der Waals surface area contributed by atoms with Crippen LogP contribution in [0.4, 0.5) is 0 Å². The lowest BCUT2D eigenvalue weighted by Gasteiger charge is -2.14. The molecule has 1 aromatic rings. The average Bonchev–Trinajstić information content (AvgIpc) is 2.52. The molecule has 1 unspecified atom stereocenters. The molecule has 0 saturated heterocycles. The number of hydrogen-bond donors (Lipinski definition) is 1. The summed E-state index contributed by atoms with van der Waals surface area (Å²) in [5.41, 5.74) is 0.363. The maximum Gasteiger partial charge on any atom is 0.352 e. The summed E-state index contributed by atoms with van der Waals surface area (Å²) in [6, 6.07) is 3.62. The number of aromatic nitrogens is 1. The second-order valence-corrected chi connectivity index (χ2v) is 3.82. The first-order valence-corrected chi connectivity index (χ1v) is 5.45. The molecule has 13 heavy (non-hydrogen) atoms. The average molecular weight is 199 g/mol. The molecule has 0 aliphatic carbocycles. The van der Waals surface area contributed by atoms with Gasteiger partial charge in [-0.15, -0.1) is 0 Å². The number of hydrogen-bond acceptors (Lipinski definition) is 2. The summed E-state index contributed by atoms with van der Waals surface area (Å²) >= 11 is 1.71. The van der Waals surface area contributed by atoms with Crippen molar-refractivity contribution in [3.8, 4) is 0 Å². The Morgan fingerprint density at radius 1 is 1.77 bits per heavy atom. The molecule has 0 aromatic carbocycles. The molecule has 72 valence electrons. The first-order chi connectivity index (χ1) is 6.16. The third kappa shape index (κ3) is 2.28. The largest absolute Gasteiger partial charge is 0.477 e. The lowest BCUT2D eigenvalue weighted by atomic mass is 10.3. The van der Waals surface area contributed by atoms with Crippen LogP contribution in [0.25, 0.3) is 0 Å². The van der Waals surface area contributed by atoms with Crippen LogP contribution in [0.3, 0.4) is 0 Å². The van der Waals surface area contributed by atoms with E-state index < -0.39 is 5.97 Å². The minimum absolute atomic E-state index is 0.232. The summed E-state index contributed by atoms with van der Waals surface area (Å²) in [6.07, 6.45) is 3.82. The number of aromatic carboxylic acids is 1. The van der Waals surface area contributed by atoms with E-state index in [1.165, 1.54) is 0 Å². The SMILES string of the molecule is CSCC(C)n1cccc1C(=O)O. The van der Waals surface area contributed by atoms with Crippen molar-refractivity contribution in [3.05, 3.63) is 24.0 Å². The van der Waals surface area contributed by atoms with Gasteiger partial charge in [-0.1, -0.05) is 0 Å². The van der Waals surface area contributed by atoms with Gasteiger partial charge in [-0.05, 0) is 25.3 Å². The molecular weight excluding hydrogens is 186 g/mol. The van der Waals surface area contributed by atoms with E-state index in [0.717, 1.165) is 5.75 Å². The fraction of sp³-hybridized carbons (Fsp3) is 0.444. The zero-order valence-corrected chi connectivity index (χ0v) is 8.54. The first-order valence-electron chi connectivity index (χ1n) is 4.06. The van der Waals surface area contributed by atoms with Crippen LogP contribution in [0.5, 0.6) is 0 Å². The summed E-state index contributed by atoms with van der Waals surface area (Å²) in [5.74, 6) is 0.0625. The van der Waals surface area contributed by atoms with Gasteiger partial charge in [0, 0.05) is 18.0 Å². The summed E-state index contributed by atoms with van der Waals surface area (Å²) < 4.78 is 1.79. The summed E-state index contributed by atoms with van der Waals surface area (Å²) in [7, 11) is 0. The number of carboxylic acid groups (broad SMARTS) is 1. The van der Waals surface area contributed by atoms with E-state index in [0.29, 0.717) is 5.69 Å². The number of carboxylic acids is 1. The highest BCUT2D eigenvalue weighted by Gasteiger charge is 2.12. The van der Waals surface area contributed by atoms with Crippen LogP contribution in [-0.2, 0) is 0 Å². The first kappa shape index (κ1) is 10.2. The summed E-state index contributed by atoms with van der Waals surface area (Å²) in [5, 5.41) is 8.84. The van der Waals surface area contributed by atoms with Gasteiger partial charge in [-0.3, -0.25) is 0 Å². The van der Waals surface area contributed by atoms with Gasteiger partial charge in [-0.2, -0.15) is 11.8 Å². The Labute approximate surface area is 81.8 Å². The van der Waals surface area contributed by atoms with Crippen molar-refractivity contribution in [3.63, 3.8) is 0 Å². The Morgan fingerprint density at radius 3 is 3.00 bits per heavy atom. The molecule has 3 nitrogen and oxygen atoms in total. The Balaban J connectivity index is 2.86. The molecule has 0 aliphatic heterocycles. The fourth-order valence-electron chi connectivity index (χ4n) is 1.28. The lowest BCUT2D eigenvalue weighted by Crippen LogP contribution is -2.13. The molecule has 0 spiro atoms. The molecule has 0 radical (unpaired) electrons.